The molecule has 6 nitrogen and oxygen atoms in total. The molecule has 0 atom stereocenters. The van der Waals surface area contributed by atoms with Gasteiger partial charge < -0.3 is 0 Å². The van der Waals surface area contributed by atoms with Gasteiger partial charge in [-0.1, -0.05) is 48.5 Å². The highest BCUT2D eigenvalue weighted by atomic mass is 15.2. The van der Waals surface area contributed by atoms with Crippen LogP contribution < -0.4 is 9.13 Å². The Morgan fingerprint density at radius 1 is 0.606 bits per heavy atom. The fourth-order valence-electron chi connectivity index (χ4n) is 4.19. The number of benzene rings is 2. The number of aromatic nitrogens is 6. The van der Waals surface area contributed by atoms with Crippen molar-refractivity contribution in [3.8, 4) is 11.6 Å². The number of hydrogen-bond acceptors (Lipinski definition) is 2. The third kappa shape index (κ3) is 3.99. The van der Waals surface area contributed by atoms with Crippen molar-refractivity contribution in [2.75, 3.05) is 0 Å². The van der Waals surface area contributed by atoms with Crippen LogP contribution in [0.4, 0.5) is 0 Å². The van der Waals surface area contributed by atoms with Crippen LogP contribution >= 0.6 is 0 Å². The van der Waals surface area contributed by atoms with Gasteiger partial charge in [-0.3, -0.25) is 0 Å². The van der Waals surface area contributed by atoms with E-state index in [1.165, 1.54) is 10.8 Å². The molecule has 0 amide bonds. The van der Waals surface area contributed by atoms with Gasteiger partial charge in [-0.15, -0.1) is 0 Å². The van der Waals surface area contributed by atoms with Crippen LogP contribution in [0, 0.1) is 0 Å². The van der Waals surface area contributed by atoms with Crippen LogP contribution in [0.5, 0.6) is 0 Å². The van der Waals surface area contributed by atoms with Gasteiger partial charge >= 0.3 is 0 Å². The predicted octanol–water partition coefficient (Wildman–Crippen LogP) is 4.03. The molecule has 0 aliphatic heterocycles. The maximum Gasteiger partial charge on any atom is 0.250 e. The van der Waals surface area contributed by atoms with Gasteiger partial charge in [-0.25, -0.2) is 19.1 Å². The normalized spacial score (nSPS) is 11.4. The van der Waals surface area contributed by atoms with Crippen LogP contribution in [0.15, 0.2) is 110 Å². The van der Waals surface area contributed by atoms with Crippen LogP contribution in [0.2, 0.25) is 0 Å². The summed E-state index contributed by atoms with van der Waals surface area (Å²) in [7, 11) is 0. The van der Waals surface area contributed by atoms with Gasteiger partial charge in [0.1, 0.15) is 24.8 Å². The molecule has 33 heavy (non-hydrogen) atoms. The van der Waals surface area contributed by atoms with E-state index in [4.69, 9.17) is 0 Å². The lowest BCUT2D eigenvalue weighted by molar-refractivity contribution is -0.726. The topological polar surface area (TPSA) is 43.4 Å². The molecular weight excluding hydrogens is 408 g/mol. The summed E-state index contributed by atoms with van der Waals surface area (Å²) in [6.45, 7) is 1.87. The summed E-state index contributed by atoms with van der Waals surface area (Å²) in [4.78, 5) is 9.21. The smallest absolute Gasteiger partial charge is 0.236 e. The molecule has 0 saturated heterocycles. The SMILES string of the molecule is c1ccc2cc(-n3cc[n+](CCC[n+]4ccn(-c5cc6ccccc6cn5)c4)c3)ncc2c1. The van der Waals surface area contributed by atoms with Crippen LogP contribution in [-0.4, -0.2) is 19.1 Å². The minimum Gasteiger partial charge on any atom is -0.236 e. The maximum absolute atomic E-state index is 4.61. The highest BCUT2D eigenvalue weighted by molar-refractivity contribution is 5.83. The summed E-state index contributed by atoms with van der Waals surface area (Å²) in [6, 6.07) is 20.9. The minimum atomic E-state index is 0.932. The van der Waals surface area contributed by atoms with E-state index < -0.39 is 0 Å². The second kappa shape index (κ2) is 8.31. The first kappa shape index (κ1) is 19.4. The second-order valence-electron chi connectivity index (χ2n) is 8.25. The third-order valence-electron chi connectivity index (χ3n) is 5.98. The lowest BCUT2D eigenvalue weighted by Gasteiger charge is -1.99. The van der Waals surface area contributed by atoms with E-state index in [0.29, 0.717) is 0 Å². The average Bonchev–Trinajstić information content (AvgIpc) is 3.54. The Bertz CT molecular complexity index is 1440. The van der Waals surface area contributed by atoms with Gasteiger partial charge in [-0.05, 0) is 10.8 Å². The van der Waals surface area contributed by atoms with Crippen molar-refractivity contribution in [1.82, 2.24) is 19.1 Å². The molecule has 6 aromatic rings. The van der Waals surface area contributed by atoms with Crippen LogP contribution in [0.1, 0.15) is 6.42 Å². The molecule has 0 fully saturated rings. The maximum atomic E-state index is 4.61. The number of nitrogens with zero attached hydrogens (tertiary/aromatic N) is 6. The van der Waals surface area contributed by atoms with Crippen LogP contribution in [-0.2, 0) is 13.1 Å². The van der Waals surface area contributed by atoms with E-state index in [1.807, 2.05) is 24.5 Å². The monoisotopic (exact) mass is 432 g/mol. The van der Waals surface area contributed by atoms with E-state index in [9.17, 15) is 0 Å². The first-order valence-corrected chi connectivity index (χ1v) is 11.2. The summed E-state index contributed by atoms with van der Waals surface area (Å²) >= 11 is 0. The van der Waals surface area contributed by atoms with Crippen molar-refractivity contribution >= 4 is 21.5 Å². The standard InChI is InChI=1S/C27H24N6/c1-3-8-24-18-28-26(16-22(24)6-1)32-14-12-30(20-32)10-5-11-31-13-15-33(21-31)27-17-23-7-2-4-9-25(23)19-29-27/h1-4,6-9,12-21H,5,10-11H2/q+2. The fraction of sp³-hybridized carbons (Fsp3) is 0.111. The molecule has 4 heterocycles. The average molecular weight is 433 g/mol. The Labute approximate surface area is 191 Å². The Morgan fingerprint density at radius 2 is 1.06 bits per heavy atom. The largest absolute Gasteiger partial charge is 0.250 e. The van der Waals surface area contributed by atoms with Gasteiger partial charge in [-0.2, -0.15) is 9.13 Å². The zero-order chi connectivity index (χ0) is 22.0. The van der Waals surface area contributed by atoms with Gasteiger partial charge in [0.15, 0.2) is 0 Å². The molecule has 0 unspecified atom stereocenters. The Kier molecular flexibility index (Phi) is 4.88. The first-order chi connectivity index (χ1) is 16.3. The second-order valence-corrected chi connectivity index (χ2v) is 8.25. The zero-order valence-corrected chi connectivity index (χ0v) is 18.2. The minimum absolute atomic E-state index is 0.932. The quantitative estimate of drug-likeness (QED) is 0.373. The highest BCUT2D eigenvalue weighted by Crippen LogP contribution is 2.16. The molecule has 0 aliphatic rings. The van der Waals surface area contributed by atoms with Gasteiger partial charge in [0.05, 0.1) is 13.1 Å². The van der Waals surface area contributed by atoms with E-state index in [-0.39, 0.29) is 0 Å². The van der Waals surface area contributed by atoms with Gasteiger partial charge in [0.2, 0.25) is 24.3 Å². The first-order valence-electron chi connectivity index (χ1n) is 11.2. The summed E-state index contributed by atoms with van der Waals surface area (Å²) in [5.74, 6) is 1.86. The lowest BCUT2D eigenvalue weighted by Crippen LogP contribution is -2.37. The molecule has 0 saturated carbocycles. The van der Waals surface area contributed by atoms with Gasteiger partial charge in [0.25, 0.3) is 0 Å². The van der Waals surface area contributed by atoms with Crippen molar-refractivity contribution in [3.05, 3.63) is 110 Å². The molecule has 0 bridgehead atoms. The summed E-state index contributed by atoms with van der Waals surface area (Å²) in [5, 5.41) is 4.71. The van der Waals surface area contributed by atoms with Crippen molar-refractivity contribution in [1.29, 1.82) is 0 Å². The molecule has 0 N–H and O–H groups in total. The molecule has 0 spiro atoms. The molecule has 6 heteroatoms. The summed E-state index contributed by atoms with van der Waals surface area (Å²) < 4.78 is 8.56. The van der Waals surface area contributed by atoms with E-state index in [1.54, 1.807) is 0 Å². The third-order valence-corrected chi connectivity index (χ3v) is 5.98. The number of fused-ring (bicyclic) bond motifs is 2. The molecule has 2 aromatic carbocycles. The summed E-state index contributed by atoms with van der Waals surface area (Å²) in [5.41, 5.74) is 0. The van der Waals surface area contributed by atoms with E-state index >= 15 is 0 Å². The van der Waals surface area contributed by atoms with Crippen molar-refractivity contribution in [3.63, 3.8) is 0 Å². The number of pyridine rings is 2. The van der Waals surface area contributed by atoms with Crippen molar-refractivity contribution < 1.29 is 9.13 Å². The number of imidazole rings is 2. The van der Waals surface area contributed by atoms with Crippen molar-refractivity contribution in [2.24, 2.45) is 0 Å². The van der Waals surface area contributed by atoms with Crippen molar-refractivity contribution in [2.45, 2.75) is 19.5 Å². The van der Waals surface area contributed by atoms with E-state index in [2.05, 4.69) is 114 Å². The molecule has 160 valence electrons. The molecule has 0 radical (unpaired) electrons. The highest BCUT2D eigenvalue weighted by Gasteiger charge is 2.11. The van der Waals surface area contributed by atoms with Crippen LogP contribution in [0.3, 0.4) is 0 Å². The lowest BCUT2D eigenvalue weighted by atomic mass is 10.2. The number of aryl methyl sites for hydroxylation is 2. The predicted molar refractivity (Wildman–Crippen MR) is 127 cm³/mol. The molecule has 4 aromatic heterocycles. The summed E-state index contributed by atoms with van der Waals surface area (Å²) in [6.07, 6.45) is 17.4. The molecule has 6 rings (SSSR count). The molecular formula is C27H24N6+2. The van der Waals surface area contributed by atoms with Crippen LogP contribution in [0.25, 0.3) is 33.2 Å². The van der Waals surface area contributed by atoms with Gasteiger partial charge in [0, 0.05) is 41.7 Å². The fourth-order valence-corrected chi connectivity index (χ4v) is 4.19. The zero-order valence-electron chi connectivity index (χ0n) is 18.2. The molecule has 0 aliphatic carbocycles. The number of hydrogen-bond donors (Lipinski definition) is 0. The number of rotatable bonds is 6. The Morgan fingerprint density at radius 3 is 1.55 bits per heavy atom. The van der Waals surface area contributed by atoms with E-state index in [0.717, 1.165) is 41.9 Å². The Balaban J connectivity index is 1.10. The Hall–Kier alpha value is -4.32.